The maximum absolute atomic E-state index is 13.4. The van der Waals surface area contributed by atoms with Crippen LogP contribution in [0.3, 0.4) is 0 Å². The lowest BCUT2D eigenvalue weighted by Crippen LogP contribution is -2.35. The Labute approximate surface area is 139 Å². The van der Waals surface area contributed by atoms with E-state index in [2.05, 4.69) is 4.98 Å². The molecule has 1 saturated carbocycles. The van der Waals surface area contributed by atoms with E-state index in [-0.39, 0.29) is 11.7 Å². The number of aromatic nitrogens is 1. The van der Waals surface area contributed by atoms with Crippen LogP contribution in [0.1, 0.15) is 45.2 Å². The molecule has 5 heteroatoms. The van der Waals surface area contributed by atoms with Crippen molar-refractivity contribution in [2.75, 3.05) is 11.4 Å². The third-order valence-corrected chi connectivity index (χ3v) is 5.77. The summed E-state index contributed by atoms with van der Waals surface area (Å²) in [6.07, 6.45) is 5.26. The van der Waals surface area contributed by atoms with Crippen LogP contribution in [0.25, 0.3) is 0 Å². The Kier molecular flexibility index (Phi) is 3.68. The molecule has 1 amide bonds. The molecule has 2 aliphatic rings. The molecule has 2 heterocycles. The molecular weight excluding hydrogens is 311 g/mol. The van der Waals surface area contributed by atoms with Crippen LogP contribution in [-0.2, 0) is 12.8 Å². The smallest absolute Gasteiger partial charge is 0.270 e. The summed E-state index contributed by atoms with van der Waals surface area (Å²) in [6.45, 7) is 2.60. The van der Waals surface area contributed by atoms with E-state index in [4.69, 9.17) is 0 Å². The van der Waals surface area contributed by atoms with Crippen LogP contribution >= 0.6 is 11.3 Å². The number of aryl methyl sites for hydroxylation is 2. The van der Waals surface area contributed by atoms with Gasteiger partial charge >= 0.3 is 0 Å². The summed E-state index contributed by atoms with van der Waals surface area (Å²) in [7, 11) is 0. The van der Waals surface area contributed by atoms with Gasteiger partial charge in [0.1, 0.15) is 10.7 Å². The Morgan fingerprint density at radius 1 is 1.43 bits per heavy atom. The van der Waals surface area contributed by atoms with Gasteiger partial charge < -0.3 is 4.90 Å². The van der Waals surface area contributed by atoms with Gasteiger partial charge in [-0.1, -0.05) is 0 Å². The molecule has 1 aliphatic carbocycles. The minimum absolute atomic E-state index is 0.00889. The number of amides is 1. The fourth-order valence-electron chi connectivity index (χ4n) is 3.21. The number of anilines is 1. The standard InChI is InChI=1S/C18H19FN2OS/c1-11-17(23-16(20-11)9-12-4-5-12)18(22)21-8-2-3-13-10-14(19)6-7-15(13)21/h6-7,10,12H,2-5,8-9H2,1H3. The molecule has 0 radical (unpaired) electrons. The first-order chi connectivity index (χ1) is 11.1. The molecule has 23 heavy (non-hydrogen) atoms. The Balaban J connectivity index is 1.63. The first-order valence-corrected chi connectivity index (χ1v) is 9.00. The molecule has 0 atom stereocenters. The molecule has 1 fully saturated rings. The Morgan fingerprint density at radius 3 is 3.04 bits per heavy atom. The number of hydrogen-bond acceptors (Lipinski definition) is 3. The van der Waals surface area contributed by atoms with Crippen molar-refractivity contribution in [2.45, 2.75) is 39.0 Å². The molecule has 2 aromatic rings. The number of rotatable bonds is 3. The SMILES string of the molecule is Cc1nc(CC2CC2)sc1C(=O)N1CCCc2cc(F)ccc21. The zero-order valence-electron chi connectivity index (χ0n) is 13.1. The normalized spacial score (nSPS) is 17.2. The minimum atomic E-state index is -0.237. The number of carbonyl (C=O) groups is 1. The predicted octanol–water partition coefficient (Wildman–Crippen LogP) is 4.14. The molecule has 0 unspecified atom stereocenters. The number of hydrogen-bond donors (Lipinski definition) is 0. The van der Waals surface area contributed by atoms with Gasteiger partial charge in [0.25, 0.3) is 5.91 Å². The van der Waals surface area contributed by atoms with Gasteiger partial charge in [-0.2, -0.15) is 0 Å². The van der Waals surface area contributed by atoms with Crippen molar-refractivity contribution in [3.8, 4) is 0 Å². The van der Waals surface area contributed by atoms with Crippen molar-refractivity contribution in [1.29, 1.82) is 0 Å². The number of benzene rings is 1. The molecule has 0 N–H and O–H groups in total. The van der Waals surface area contributed by atoms with Crippen molar-refractivity contribution in [3.63, 3.8) is 0 Å². The lowest BCUT2D eigenvalue weighted by Gasteiger charge is -2.29. The summed E-state index contributed by atoms with van der Waals surface area (Å²) in [6, 6.07) is 4.71. The largest absolute Gasteiger partial charge is 0.307 e. The van der Waals surface area contributed by atoms with Crippen LogP contribution in [0.15, 0.2) is 18.2 Å². The van der Waals surface area contributed by atoms with Crippen LogP contribution < -0.4 is 4.90 Å². The number of fused-ring (bicyclic) bond motifs is 1. The Bertz CT molecular complexity index is 766. The van der Waals surface area contributed by atoms with Gasteiger partial charge in [-0.3, -0.25) is 4.79 Å². The zero-order valence-corrected chi connectivity index (χ0v) is 14.0. The summed E-state index contributed by atoms with van der Waals surface area (Å²) in [4.78, 5) is 20.1. The highest BCUT2D eigenvalue weighted by Gasteiger charge is 2.28. The number of carbonyl (C=O) groups excluding carboxylic acids is 1. The van der Waals surface area contributed by atoms with Crippen molar-refractivity contribution in [3.05, 3.63) is 45.2 Å². The van der Waals surface area contributed by atoms with E-state index in [0.29, 0.717) is 6.54 Å². The Morgan fingerprint density at radius 2 is 2.26 bits per heavy atom. The van der Waals surface area contributed by atoms with Gasteiger partial charge in [0.05, 0.1) is 10.7 Å². The predicted molar refractivity (Wildman–Crippen MR) is 89.7 cm³/mol. The van der Waals surface area contributed by atoms with Gasteiger partial charge in [-0.25, -0.2) is 9.37 Å². The maximum atomic E-state index is 13.4. The lowest BCUT2D eigenvalue weighted by molar-refractivity contribution is 0.0988. The summed E-state index contributed by atoms with van der Waals surface area (Å²) in [5, 5.41) is 1.07. The zero-order chi connectivity index (χ0) is 16.0. The van der Waals surface area contributed by atoms with Crippen LogP contribution in [0.4, 0.5) is 10.1 Å². The number of nitrogens with zero attached hydrogens (tertiary/aromatic N) is 2. The van der Waals surface area contributed by atoms with E-state index < -0.39 is 0 Å². The quantitative estimate of drug-likeness (QED) is 0.847. The molecule has 0 bridgehead atoms. The van der Waals surface area contributed by atoms with Crippen LogP contribution in [0.2, 0.25) is 0 Å². The van der Waals surface area contributed by atoms with E-state index >= 15 is 0 Å². The lowest BCUT2D eigenvalue weighted by atomic mass is 10.0. The highest BCUT2D eigenvalue weighted by Crippen LogP contribution is 2.35. The van der Waals surface area contributed by atoms with Crippen molar-refractivity contribution < 1.29 is 9.18 Å². The molecule has 0 spiro atoms. The molecular formula is C18H19FN2OS. The minimum Gasteiger partial charge on any atom is -0.307 e. The van der Waals surface area contributed by atoms with Gasteiger partial charge in [0, 0.05) is 18.7 Å². The van der Waals surface area contributed by atoms with Gasteiger partial charge in [-0.15, -0.1) is 11.3 Å². The molecule has 4 rings (SSSR count). The van der Waals surface area contributed by atoms with Gasteiger partial charge in [0.15, 0.2) is 0 Å². The van der Waals surface area contributed by atoms with Crippen LogP contribution in [0.5, 0.6) is 0 Å². The second-order valence-corrected chi connectivity index (χ2v) is 7.59. The summed E-state index contributed by atoms with van der Waals surface area (Å²) >= 11 is 1.53. The van der Waals surface area contributed by atoms with Crippen molar-refractivity contribution >= 4 is 22.9 Å². The average Bonchev–Trinajstić information content (AvgIpc) is 3.27. The van der Waals surface area contributed by atoms with E-state index in [1.807, 2.05) is 6.92 Å². The van der Waals surface area contributed by atoms with E-state index in [1.54, 1.807) is 17.0 Å². The molecule has 1 aliphatic heterocycles. The second kappa shape index (κ2) is 5.71. The first-order valence-electron chi connectivity index (χ1n) is 8.18. The van der Waals surface area contributed by atoms with Crippen molar-refractivity contribution in [1.82, 2.24) is 4.98 Å². The monoisotopic (exact) mass is 330 g/mol. The first kappa shape index (κ1) is 14.8. The molecule has 1 aromatic carbocycles. The fraction of sp³-hybridized carbons (Fsp3) is 0.444. The second-order valence-electron chi connectivity index (χ2n) is 6.50. The van der Waals surface area contributed by atoms with Crippen LogP contribution in [0, 0.1) is 18.7 Å². The van der Waals surface area contributed by atoms with Gasteiger partial charge in [0.2, 0.25) is 0 Å². The highest BCUT2D eigenvalue weighted by molar-refractivity contribution is 7.14. The van der Waals surface area contributed by atoms with Crippen LogP contribution in [-0.4, -0.2) is 17.4 Å². The van der Waals surface area contributed by atoms with E-state index in [0.717, 1.165) is 52.0 Å². The topological polar surface area (TPSA) is 33.2 Å². The molecule has 0 saturated heterocycles. The highest BCUT2D eigenvalue weighted by atomic mass is 32.1. The summed E-state index contributed by atoms with van der Waals surface area (Å²) in [5.41, 5.74) is 2.59. The summed E-state index contributed by atoms with van der Waals surface area (Å²) in [5.74, 6) is 0.538. The van der Waals surface area contributed by atoms with Gasteiger partial charge in [-0.05, 0) is 62.3 Å². The number of thiazole rings is 1. The average molecular weight is 330 g/mol. The van der Waals surface area contributed by atoms with E-state index in [1.165, 1.54) is 30.2 Å². The maximum Gasteiger partial charge on any atom is 0.270 e. The number of halogens is 1. The Hall–Kier alpha value is -1.75. The third kappa shape index (κ3) is 2.90. The molecule has 1 aromatic heterocycles. The van der Waals surface area contributed by atoms with Crippen molar-refractivity contribution in [2.24, 2.45) is 5.92 Å². The van der Waals surface area contributed by atoms with E-state index in [9.17, 15) is 9.18 Å². The fourth-order valence-corrected chi connectivity index (χ4v) is 4.33. The molecule has 120 valence electrons. The molecule has 3 nitrogen and oxygen atoms in total. The third-order valence-electron chi connectivity index (χ3n) is 4.60. The summed E-state index contributed by atoms with van der Waals surface area (Å²) < 4.78 is 13.4.